The summed E-state index contributed by atoms with van der Waals surface area (Å²) >= 11 is 5.81. The number of carbonyl (C=O) groups excluding carboxylic acids is 1. The van der Waals surface area contributed by atoms with Gasteiger partial charge < -0.3 is 10.4 Å². The van der Waals surface area contributed by atoms with Crippen LogP contribution in [0.2, 0.25) is 0 Å². The molecule has 0 heterocycles. The number of benzene rings is 1. The Morgan fingerprint density at radius 3 is 2.88 bits per heavy atom. The predicted octanol–water partition coefficient (Wildman–Crippen LogP) is 2.28. The standard InChI is InChI=1S/C11H13ClFNO2/c1-2-7(12)6-14-11(16)10-8(13)4-3-5-9(10)15/h3-5,7,15H,2,6H2,1H3,(H,14,16). The van der Waals surface area contributed by atoms with Crippen molar-refractivity contribution in [3.8, 4) is 5.75 Å². The summed E-state index contributed by atoms with van der Waals surface area (Å²) < 4.78 is 13.3. The minimum absolute atomic E-state index is 0.196. The fourth-order valence-electron chi connectivity index (χ4n) is 1.17. The average molecular weight is 246 g/mol. The van der Waals surface area contributed by atoms with Gasteiger partial charge in [0.2, 0.25) is 0 Å². The van der Waals surface area contributed by atoms with E-state index in [-0.39, 0.29) is 23.2 Å². The third-order valence-corrected chi connectivity index (χ3v) is 2.61. The summed E-state index contributed by atoms with van der Waals surface area (Å²) in [4.78, 5) is 11.5. The lowest BCUT2D eigenvalue weighted by atomic mass is 10.1. The summed E-state index contributed by atoms with van der Waals surface area (Å²) in [5.41, 5.74) is -0.345. The van der Waals surface area contributed by atoms with E-state index in [0.717, 1.165) is 6.07 Å². The van der Waals surface area contributed by atoms with Crippen molar-refractivity contribution in [3.63, 3.8) is 0 Å². The Morgan fingerprint density at radius 2 is 2.31 bits per heavy atom. The van der Waals surface area contributed by atoms with Gasteiger partial charge in [0.15, 0.2) is 0 Å². The molecule has 1 atom stereocenters. The molecule has 0 fully saturated rings. The Morgan fingerprint density at radius 1 is 1.62 bits per heavy atom. The normalized spacial score (nSPS) is 12.2. The lowest BCUT2D eigenvalue weighted by Crippen LogP contribution is -2.30. The van der Waals surface area contributed by atoms with Crippen molar-refractivity contribution in [1.29, 1.82) is 0 Å². The van der Waals surface area contributed by atoms with E-state index in [1.165, 1.54) is 12.1 Å². The highest BCUT2D eigenvalue weighted by Crippen LogP contribution is 2.19. The van der Waals surface area contributed by atoms with Gasteiger partial charge in [0.25, 0.3) is 5.91 Å². The first kappa shape index (κ1) is 12.8. The van der Waals surface area contributed by atoms with Crippen molar-refractivity contribution >= 4 is 17.5 Å². The van der Waals surface area contributed by atoms with E-state index in [2.05, 4.69) is 5.32 Å². The van der Waals surface area contributed by atoms with Gasteiger partial charge in [-0.05, 0) is 18.6 Å². The van der Waals surface area contributed by atoms with Crippen molar-refractivity contribution in [2.75, 3.05) is 6.54 Å². The zero-order valence-corrected chi connectivity index (χ0v) is 9.59. The van der Waals surface area contributed by atoms with Gasteiger partial charge in [0.1, 0.15) is 17.1 Å². The molecule has 0 aliphatic rings. The first-order valence-electron chi connectivity index (χ1n) is 4.96. The van der Waals surface area contributed by atoms with Crippen LogP contribution in [0.1, 0.15) is 23.7 Å². The van der Waals surface area contributed by atoms with Crippen LogP contribution in [0.4, 0.5) is 4.39 Å². The summed E-state index contributed by atoms with van der Waals surface area (Å²) in [6, 6.07) is 3.71. The maximum Gasteiger partial charge on any atom is 0.258 e. The molecule has 2 N–H and O–H groups in total. The molecular weight excluding hydrogens is 233 g/mol. The first-order chi connectivity index (χ1) is 7.56. The number of phenols is 1. The fraction of sp³-hybridized carbons (Fsp3) is 0.364. The van der Waals surface area contributed by atoms with E-state index in [1.54, 1.807) is 0 Å². The summed E-state index contributed by atoms with van der Waals surface area (Å²) in [6.07, 6.45) is 0.699. The molecule has 0 aliphatic carbocycles. The van der Waals surface area contributed by atoms with Crippen LogP contribution in [-0.4, -0.2) is 22.9 Å². The molecule has 16 heavy (non-hydrogen) atoms. The molecular formula is C11H13ClFNO2. The zero-order chi connectivity index (χ0) is 12.1. The molecule has 3 nitrogen and oxygen atoms in total. The van der Waals surface area contributed by atoms with Crippen LogP contribution in [0.25, 0.3) is 0 Å². The number of amides is 1. The molecule has 1 rings (SSSR count). The second kappa shape index (κ2) is 5.70. The van der Waals surface area contributed by atoms with Gasteiger partial charge in [-0.25, -0.2) is 4.39 Å². The number of rotatable bonds is 4. The van der Waals surface area contributed by atoms with Crippen LogP contribution < -0.4 is 5.32 Å². The summed E-state index contributed by atoms with van der Waals surface area (Å²) in [5.74, 6) is -1.78. The van der Waals surface area contributed by atoms with Crippen molar-refractivity contribution in [3.05, 3.63) is 29.6 Å². The quantitative estimate of drug-likeness (QED) is 0.800. The van der Waals surface area contributed by atoms with Crippen molar-refractivity contribution < 1.29 is 14.3 Å². The minimum Gasteiger partial charge on any atom is -0.507 e. The number of phenolic OH excluding ortho intramolecular Hbond substituents is 1. The molecule has 1 amide bonds. The highest BCUT2D eigenvalue weighted by Gasteiger charge is 2.16. The second-order valence-corrected chi connectivity index (χ2v) is 3.97. The number of hydrogen-bond acceptors (Lipinski definition) is 2. The molecule has 88 valence electrons. The van der Waals surface area contributed by atoms with Gasteiger partial charge in [0, 0.05) is 6.54 Å². The molecule has 1 unspecified atom stereocenters. The predicted molar refractivity (Wildman–Crippen MR) is 60.3 cm³/mol. The molecule has 0 aliphatic heterocycles. The smallest absolute Gasteiger partial charge is 0.258 e. The summed E-state index contributed by atoms with van der Waals surface area (Å²) in [6.45, 7) is 2.12. The van der Waals surface area contributed by atoms with E-state index in [1.807, 2.05) is 6.92 Å². The molecule has 0 spiro atoms. The van der Waals surface area contributed by atoms with Crippen LogP contribution in [0.3, 0.4) is 0 Å². The zero-order valence-electron chi connectivity index (χ0n) is 8.84. The Balaban J connectivity index is 2.73. The van der Waals surface area contributed by atoms with Crippen LogP contribution in [0.15, 0.2) is 18.2 Å². The molecule has 0 aromatic heterocycles. The molecule has 1 aromatic rings. The van der Waals surface area contributed by atoms with Gasteiger partial charge in [-0.1, -0.05) is 13.0 Å². The Kier molecular flexibility index (Phi) is 4.55. The van der Waals surface area contributed by atoms with Gasteiger partial charge in [0.05, 0.1) is 5.38 Å². The van der Waals surface area contributed by atoms with E-state index in [0.29, 0.717) is 6.42 Å². The first-order valence-corrected chi connectivity index (χ1v) is 5.39. The molecule has 0 radical (unpaired) electrons. The van der Waals surface area contributed by atoms with Crippen LogP contribution in [0, 0.1) is 5.82 Å². The molecule has 0 saturated heterocycles. The van der Waals surface area contributed by atoms with E-state index in [9.17, 15) is 14.3 Å². The number of hydrogen-bond donors (Lipinski definition) is 2. The van der Waals surface area contributed by atoms with Gasteiger partial charge in [-0.15, -0.1) is 11.6 Å². The van der Waals surface area contributed by atoms with Crippen molar-refractivity contribution in [1.82, 2.24) is 5.32 Å². The van der Waals surface area contributed by atoms with Crippen molar-refractivity contribution in [2.24, 2.45) is 0 Å². The topological polar surface area (TPSA) is 49.3 Å². The monoisotopic (exact) mass is 245 g/mol. The van der Waals surface area contributed by atoms with E-state index < -0.39 is 11.7 Å². The number of nitrogens with one attached hydrogen (secondary N) is 1. The lowest BCUT2D eigenvalue weighted by Gasteiger charge is -2.10. The maximum absolute atomic E-state index is 13.3. The molecule has 1 aromatic carbocycles. The number of halogens is 2. The van der Waals surface area contributed by atoms with Crippen molar-refractivity contribution in [2.45, 2.75) is 18.7 Å². The van der Waals surface area contributed by atoms with E-state index in [4.69, 9.17) is 11.6 Å². The summed E-state index contributed by atoms with van der Waals surface area (Å²) in [7, 11) is 0. The molecule has 0 bridgehead atoms. The number of aromatic hydroxyl groups is 1. The largest absolute Gasteiger partial charge is 0.507 e. The Labute approximate surface area is 98.2 Å². The number of carbonyl (C=O) groups is 1. The SMILES string of the molecule is CCC(Cl)CNC(=O)c1c(O)cccc1F. The highest BCUT2D eigenvalue weighted by molar-refractivity contribution is 6.20. The minimum atomic E-state index is -0.750. The van der Waals surface area contributed by atoms with E-state index >= 15 is 0 Å². The average Bonchev–Trinajstić information content (AvgIpc) is 2.25. The van der Waals surface area contributed by atoms with Crippen LogP contribution >= 0.6 is 11.6 Å². The second-order valence-electron chi connectivity index (χ2n) is 3.35. The summed E-state index contributed by atoms with van der Waals surface area (Å²) in [5, 5.41) is 11.6. The van der Waals surface area contributed by atoms with Crippen LogP contribution in [0.5, 0.6) is 5.75 Å². The highest BCUT2D eigenvalue weighted by atomic mass is 35.5. The van der Waals surface area contributed by atoms with Gasteiger partial charge in [-0.2, -0.15) is 0 Å². The number of alkyl halides is 1. The third-order valence-electron chi connectivity index (χ3n) is 2.15. The third kappa shape index (κ3) is 3.10. The molecule has 5 heteroatoms. The van der Waals surface area contributed by atoms with Gasteiger partial charge in [-0.3, -0.25) is 4.79 Å². The van der Waals surface area contributed by atoms with Crippen LogP contribution in [-0.2, 0) is 0 Å². The fourth-order valence-corrected chi connectivity index (χ4v) is 1.25. The lowest BCUT2D eigenvalue weighted by molar-refractivity contribution is 0.0946. The Bertz CT molecular complexity index is 364. The molecule has 0 saturated carbocycles. The van der Waals surface area contributed by atoms with Gasteiger partial charge >= 0.3 is 0 Å². The Hall–Kier alpha value is -1.29. The maximum atomic E-state index is 13.3.